The number of unbranched alkanes of at least 4 members (excludes halogenated alkanes) is 1. The molecular weight excluding hydrogens is 312 g/mol. The molecule has 4 nitrogen and oxygen atoms in total. The molecule has 0 fully saturated rings. The van der Waals surface area contributed by atoms with Crippen LogP contribution >= 0.6 is 0 Å². The van der Waals surface area contributed by atoms with Crippen LogP contribution in [0.15, 0.2) is 67.0 Å². The minimum atomic E-state index is -0.154. The zero-order valence-electron chi connectivity index (χ0n) is 14.4. The number of hydrogen-bond donors (Lipinski definition) is 0. The van der Waals surface area contributed by atoms with Crippen molar-refractivity contribution >= 4 is 5.97 Å². The molecule has 0 saturated heterocycles. The summed E-state index contributed by atoms with van der Waals surface area (Å²) in [4.78, 5) is 15.9. The quantitative estimate of drug-likeness (QED) is 0.470. The van der Waals surface area contributed by atoms with Gasteiger partial charge in [-0.1, -0.05) is 60.7 Å². The summed E-state index contributed by atoms with van der Waals surface area (Å²) in [6.07, 6.45) is 4.06. The lowest BCUT2D eigenvalue weighted by Gasteiger charge is -2.10. The number of hydrogen-bond acceptors (Lipinski definition) is 3. The van der Waals surface area contributed by atoms with Crippen molar-refractivity contribution in [2.24, 2.45) is 0 Å². The Morgan fingerprint density at radius 3 is 2.24 bits per heavy atom. The van der Waals surface area contributed by atoms with Gasteiger partial charge in [-0.25, -0.2) is 4.98 Å². The van der Waals surface area contributed by atoms with Gasteiger partial charge in [0.05, 0.1) is 24.8 Å². The van der Waals surface area contributed by atoms with Crippen LogP contribution in [0.5, 0.6) is 0 Å². The van der Waals surface area contributed by atoms with Crippen LogP contribution < -0.4 is 0 Å². The summed E-state index contributed by atoms with van der Waals surface area (Å²) in [6.45, 7) is 0.820. The molecule has 0 aliphatic carbocycles. The van der Waals surface area contributed by atoms with E-state index in [-0.39, 0.29) is 5.97 Å². The van der Waals surface area contributed by atoms with Crippen LogP contribution in [0.2, 0.25) is 0 Å². The lowest BCUT2D eigenvalue weighted by atomic mass is 10.0. The summed E-state index contributed by atoms with van der Waals surface area (Å²) in [5.41, 5.74) is 4.35. The molecule has 3 aromatic rings. The summed E-state index contributed by atoms with van der Waals surface area (Å²) >= 11 is 0. The molecule has 4 heteroatoms. The fourth-order valence-corrected chi connectivity index (χ4v) is 2.91. The predicted octanol–water partition coefficient (Wildman–Crippen LogP) is 4.56. The van der Waals surface area contributed by atoms with Crippen LogP contribution in [-0.2, 0) is 16.1 Å². The lowest BCUT2D eigenvalue weighted by Crippen LogP contribution is -2.03. The van der Waals surface area contributed by atoms with Crippen LogP contribution in [-0.4, -0.2) is 22.6 Å². The van der Waals surface area contributed by atoms with Gasteiger partial charge < -0.3 is 9.30 Å². The molecular formula is C21H22N2O2. The fourth-order valence-electron chi connectivity index (χ4n) is 2.91. The molecule has 2 aromatic carbocycles. The SMILES string of the molecule is COC(=O)CCCCn1cnc(-c2ccccc2)c1-c1ccccc1. The molecule has 0 amide bonds. The minimum absolute atomic E-state index is 0.154. The molecule has 0 aliphatic rings. The van der Waals surface area contributed by atoms with Gasteiger partial charge in [-0.2, -0.15) is 0 Å². The minimum Gasteiger partial charge on any atom is -0.469 e. The Morgan fingerprint density at radius 2 is 1.60 bits per heavy atom. The van der Waals surface area contributed by atoms with Gasteiger partial charge in [0.1, 0.15) is 0 Å². The summed E-state index contributed by atoms with van der Waals surface area (Å²) in [6, 6.07) is 20.5. The first-order chi connectivity index (χ1) is 12.3. The second-order valence-corrected chi connectivity index (χ2v) is 5.90. The molecule has 1 heterocycles. The number of benzene rings is 2. The normalized spacial score (nSPS) is 10.6. The number of aryl methyl sites for hydroxylation is 1. The van der Waals surface area contributed by atoms with Crippen LogP contribution in [0.4, 0.5) is 0 Å². The Bertz CT molecular complexity index is 810. The average molecular weight is 334 g/mol. The molecule has 0 radical (unpaired) electrons. The van der Waals surface area contributed by atoms with E-state index in [1.807, 2.05) is 42.7 Å². The van der Waals surface area contributed by atoms with Gasteiger partial charge >= 0.3 is 5.97 Å². The molecule has 0 atom stereocenters. The maximum atomic E-state index is 11.3. The van der Waals surface area contributed by atoms with Gasteiger partial charge in [0.2, 0.25) is 0 Å². The highest BCUT2D eigenvalue weighted by Gasteiger charge is 2.14. The molecule has 1 aromatic heterocycles. The molecule has 0 unspecified atom stereocenters. The maximum Gasteiger partial charge on any atom is 0.305 e. The van der Waals surface area contributed by atoms with Crippen molar-refractivity contribution in [1.82, 2.24) is 9.55 Å². The Hall–Kier alpha value is -2.88. The van der Waals surface area contributed by atoms with Gasteiger partial charge in [0.25, 0.3) is 0 Å². The van der Waals surface area contributed by atoms with E-state index in [0.29, 0.717) is 6.42 Å². The van der Waals surface area contributed by atoms with Gasteiger partial charge in [-0.3, -0.25) is 4.79 Å². The van der Waals surface area contributed by atoms with Crippen molar-refractivity contribution in [2.45, 2.75) is 25.8 Å². The van der Waals surface area contributed by atoms with E-state index in [4.69, 9.17) is 4.74 Å². The van der Waals surface area contributed by atoms with E-state index in [1.54, 1.807) is 0 Å². The third kappa shape index (κ3) is 4.15. The van der Waals surface area contributed by atoms with Crippen molar-refractivity contribution in [2.75, 3.05) is 7.11 Å². The smallest absolute Gasteiger partial charge is 0.305 e. The summed E-state index contributed by atoms with van der Waals surface area (Å²) in [5, 5.41) is 0. The highest BCUT2D eigenvalue weighted by atomic mass is 16.5. The van der Waals surface area contributed by atoms with Crippen LogP contribution in [0, 0.1) is 0 Å². The fraction of sp³-hybridized carbons (Fsp3) is 0.238. The Labute approximate surface area is 148 Å². The monoisotopic (exact) mass is 334 g/mol. The van der Waals surface area contributed by atoms with Crippen molar-refractivity contribution in [1.29, 1.82) is 0 Å². The van der Waals surface area contributed by atoms with E-state index >= 15 is 0 Å². The molecule has 0 spiro atoms. The first kappa shape index (κ1) is 17.0. The van der Waals surface area contributed by atoms with E-state index < -0.39 is 0 Å². The van der Waals surface area contributed by atoms with Gasteiger partial charge in [-0.15, -0.1) is 0 Å². The van der Waals surface area contributed by atoms with Crippen molar-refractivity contribution in [3.05, 3.63) is 67.0 Å². The number of rotatable bonds is 7. The summed E-state index contributed by atoms with van der Waals surface area (Å²) < 4.78 is 6.87. The Kier molecular flexibility index (Phi) is 5.62. The van der Waals surface area contributed by atoms with E-state index in [9.17, 15) is 4.79 Å². The first-order valence-electron chi connectivity index (χ1n) is 8.52. The van der Waals surface area contributed by atoms with E-state index in [2.05, 4.69) is 33.8 Å². The standard InChI is InChI=1S/C21H22N2O2/c1-25-19(24)14-8-9-15-23-16-22-20(17-10-4-2-5-11-17)21(23)18-12-6-3-7-13-18/h2-7,10-13,16H,8-9,14-15H2,1H3. The summed E-state index contributed by atoms with van der Waals surface area (Å²) in [7, 11) is 1.43. The first-order valence-corrected chi connectivity index (χ1v) is 8.52. The Morgan fingerprint density at radius 1 is 0.960 bits per heavy atom. The number of ether oxygens (including phenoxy) is 1. The van der Waals surface area contributed by atoms with Crippen LogP contribution in [0.3, 0.4) is 0 Å². The predicted molar refractivity (Wildman–Crippen MR) is 99.0 cm³/mol. The molecule has 25 heavy (non-hydrogen) atoms. The lowest BCUT2D eigenvalue weighted by molar-refractivity contribution is -0.140. The van der Waals surface area contributed by atoms with E-state index in [0.717, 1.165) is 41.9 Å². The molecule has 3 rings (SSSR count). The number of carbonyl (C=O) groups is 1. The van der Waals surface area contributed by atoms with Crippen molar-refractivity contribution in [3.63, 3.8) is 0 Å². The number of aromatic nitrogens is 2. The van der Waals surface area contributed by atoms with Crippen molar-refractivity contribution in [3.8, 4) is 22.5 Å². The Balaban J connectivity index is 1.86. The molecule has 0 aliphatic heterocycles. The topological polar surface area (TPSA) is 44.1 Å². The molecule has 128 valence electrons. The number of esters is 1. The van der Waals surface area contributed by atoms with Crippen molar-refractivity contribution < 1.29 is 9.53 Å². The second-order valence-electron chi connectivity index (χ2n) is 5.90. The molecule has 0 bridgehead atoms. The zero-order chi connectivity index (χ0) is 17.5. The number of nitrogens with zero attached hydrogens (tertiary/aromatic N) is 2. The highest BCUT2D eigenvalue weighted by Crippen LogP contribution is 2.31. The van der Waals surface area contributed by atoms with Gasteiger partial charge in [0, 0.05) is 24.1 Å². The highest BCUT2D eigenvalue weighted by molar-refractivity contribution is 5.78. The largest absolute Gasteiger partial charge is 0.469 e. The maximum absolute atomic E-state index is 11.3. The number of carbonyl (C=O) groups excluding carboxylic acids is 1. The van der Waals surface area contributed by atoms with Gasteiger partial charge in [-0.05, 0) is 12.8 Å². The van der Waals surface area contributed by atoms with Crippen LogP contribution in [0.1, 0.15) is 19.3 Å². The third-order valence-electron chi connectivity index (χ3n) is 4.19. The second kappa shape index (κ2) is 8.29. The number of imidazole rings is 1. The van der Waals surface area contributed by atoms with E-state index in [1.165, 1.54) is 7.11 Å². The van der Waals surface area contributed by atoms with Crippen LogP contribution in [0.25, 0.3) is 22.5 Å². The summed E-state index contributed by atoms with van der Waals surface area (Å²) in [5.74, 6) is -0.154. The van der Waals surface area contributed by atoms with Gasteiger partial charge in [0.15, 0.2) is 0 Å². The zero-order valence-corrected chi connectivity index (χ0v) is 14.4. The molecule has 0 saturated carbocycles. The molecule has 0 N–H and O–H groups in total. The number of methoxy groups -OCH3 is 1. The third-order valence-corrected chi connectivity index (χ3v) is 4.19. The average Bonchev–Trinajstić information content (AvgIpc) is 3.10.